The average molecular weight is 364 g/mol. The Hall–Kier alpha value is -2.61. The fraction of sp³-hybridized carbons (Fsp3) is 0.500. The highest BCUT2D eigenvalue weighted by atomic mass is 16.6. The van der Waals surface area contributed by atoms with Crippen molar-refractivity contribution < 1.29 is 29.3 Å². The van der Waals surface area contributed by atoms with Crippen molar-refractivity contribution in [2.75, 3.05) is 26.2 Å². The van der Waals surface area contributed by atoms with Crippen LogP contribution in [0.5, 0.6) is 0 Å². The molecular weight excluding hydrogens is 340 g/mol. The average Bonchev–Trinajstić information content (AvgIpc) is 2.53. The fourth-order valence-corrected chi connectivity index (χ4v) is 2.82. The summed E-state index contributed by atoms with van der Waals surface area (Å²) in [5, 5.41) is 18.6. The molecule has 1 fully saturated rings. The lowest BCUT2D eigenvalue weighted by atomic mass is 10.0. The Balaban J connectivity index is 2.04. The zero-order chi connectivity index (χ0) is 19.5. The minimum atomic E-state index is -1.26. The van der Waals surface area contributed by atoms with Gasteiger partial charge >= 0.3 is 18.0 Å². The van der Waals surface area contributed by atoms with Gasteiger partial charge in [0.2, 0.25) is 0 Å². The largest absolute Gasteiger partial charge is 0.478 e. The molecule has 1 aromatic rings. The first-order valence-electron chi connectivity index (χ1n) is 8.37. The van der Waals surface area contributed by atoms with Crippen molar-refractivity contribution in [3.63, 3.8) is 0 Å². The van der Waals surface area contributed by atoms with Crippen molar-refractivity contribution in [1.82, 2.24) is 9.80 Å². The maximum Gasteiger partial charge on any atom is 0.410 e. The molecule has 0 aliphatic carbocycles. The normalized spacial score (nSPS) is 15.6. The Bertz CT molecular complexity index is 702. The monoisotopic (exact) mass is 364 g/mol. The number of carbonyl (C=O) groups is 3. The second kappa shape index (κ2) is 7.74. The summed E-state index contributed by atoms with van der Waals surface area (Å²) in [5.74, 6) is -2.52. The van der Waals surface area contributed by atoms with Gasteiger partial charge in [-0.05, 0) is 32.4 Å². The number of nitrogens with zero attached hydrogens (tertiary/aromatic N) is 2. The van der Waals surface area contributed by atoms with Gasteiger partial charge in [-0.15, -0.1) is 0 Å². The molecule has 1 aliphatic rings. The van der Waals surface area contributed by atoms with Crippen LogP contribution >= 0.6 is 0 Å². The Kier molecular flexibility index (Phi) is 5.86. The Morgan fingerprint density at radius 1 is 1.04 bits per heavy atom. The highest BCUT2D eigenvalue weighted by Crippen LogP contribution is 2.19. The summed E-state index contributed by atoms with van der Waals surface area (Å²) in [5.41, 5.74) is -0.512. The van der Waals surface area contributed by atoms with Crippen LogP contribution in [-0.2, 0) is 11.3 Å². The first kappa shape index (κ1) is 19.7. The van der Waals surface area contributed by atoms with Crippen molar-refractivity contribution in [3.8, 4) is 0 Å². The van der Waals surface area contributed by atoms with Gasteiger partial charge in [-0.1, -0.05) is 12.1 Å². The van der Waals surface area contributed by atoms with Crippen LogP contribution in [0, 0.1) is 0 Å². The lowest BCUT2D eigenvalue weighted by Gasteiger charge is -2.35. The molecule has 0 atom stereocenters. The highest BCUT2D eigenvalue weighted by Gasteiger charge is 2.27. The predicted octanol–water partition coefficient (Wildman–Crippen LogP) is 2.14. The molecule has 1 aromatic carbocycles. The quantitative estimate of drug-likeness (QED) is 0.843. The fourth-order valence-electron chi connectivity index (χ4n) is 2.82. The van der Waals surface area contributed by atoms with Gasteiger partial charge in [0.1, 0.15) is 5.60 Å². The maximum atomic E-state index is 12.1. The van der Waals surface area contributed by atoms with Crippen molar-refractivity contribution in [2.24, 2.45) is 0 Å². The van der Waals surface area contributed by atoms with E-state index in [9.17, 15) is 24.6 Å². The molecule has 2 N–H and O–H groups in total. The number of amides is 1. The van der Waals surface area contributed by atoms with Crippen molar-refractivity contribution in [1.29, 1.82) is 0 Å². The number of carbonyl (C=O) groups excluding carboxylic acids is 1. The van der Waals surface area contributed by atoms with Gasteiger partial charge < -0.3 is 19.8 Å². The molecule has 0 unspecified atom stereocenters. The van der Waals surface area contributed by atoms with E-state index >= 15 is 0 Å². The topological polar surface area (TPSA) is 107 Å². The van der Waals surface area contributed by atoms with E-state index in [1.807, 2.05) is 25.7 Å². The van der Waals surface area contributed by atoms with Crippen LogP contribution in [0.4, 0.5) is 4.79 Å². The van der Waals surface area contributed by atoms with Crippen molar-refractivity contribution >= 4 is 18.0 Å². The number of piperazine rings is 1. The second-order valence-electron chi connectivity index (χ2n) is 7.19. The van der Waals surface area contributed by atoms with Gasteiger partial charge in [-0.25, -0.2) is 14.4 Å². The molecule has 1 saturated heterocycles. The summed E-state index contributed by atoms with van der Waals surface area (Å²) >= 11 is 0. The molecule has 1 amide bonds. The third kappa shape index (κ3) is 4.95. The van der Waals surface area contributed by atoms with E-state index in [1.54, 1.807) is 17.0 Å². The molecule has 26 heavy (non-hydrogen) atoms. The summed E-state index contributed by atoms with van der Waals surface area (Å²) in [6.07, 6.45) is -0.365. The summed E-state index contributed by atoms with van der Waals surface area (Å²) in [6.45, 7) is 7.78. The van der Waals surface area contributed by atoms with Crippen LogP contribution in [0.1, 0.15) is 47.1 Å². The SMILES string of the molecule is CC(C)(C)OC(=O)N1CCN(Cc2cccc(C(=O)O)c2C(=O)O)CC1. The van der Waals surface area contributed by atoms with Gasteiger partial charge in [0.15, 0.2) is 0 Å². The van der Waals surface area contributed by atoms with Crippen LogP contribution in [0.25, 0.3) is 0 Å². The third-order valence-corrected chi connectivity index (χ3v) is 4.01. The third-order valence-electron chi connectivity index (χ3n) is 4.01. The molecule has 1 heterocycles. The lowest BCUT2D eigenvalue weighted by molar-refractivity contribution is 0.0138. The zero-order valence-corrected chi connectivity index (χ0v) is 15.2. The molecule has 0 radical (unpaired) electrons. The second-order valence-corrected chi connectivity index (χ2v) is 7.19. The van der Waals surface area contributed by atoms with E-state index in [-0.39, 0.29) is 17.2 Å². The van der Waals surface area contributed by atoms with Crippen LogP contribution in [0.2, 0.25) is 0 Å². The first-order valence-corrected chi connectivity index (χ1v) is 8.37. The van der Waals surface area contributed by atoms with Gasteiger partial charge in [0.25, 0.3) is 0 Å². The first-order chi connectivity index (χ1) is 12.1. The number of hydrogen-bond acceptors (Lipinski definition) is 5. The Labute approximate surface area is 152 Å². The molecule has 0 aromatic heterocycles. The van der Waals surface area contributed by atoms with E-state index in [2.05, 4.69) is 0 Å². The number of aromatic carboxylic acids is 2. The van der Waals surface area contributed by atoms with Crippen LogP contribution in [-0.4, -0.2) is 69.8 Å². The van der Waals surface area contributed by atoms with Crippen molar-refractivity contribution in [2.45, 2.75) is 32.9 Å². The molecule has 142 valence electrons. The molecular formula is C18H24N2O6. The number of benzene rings is 1. The van der Waals surface area contributed by atoms with E-state index < -0.39 is 17.5 Å². The molecule has 0 saturated carbocycles. The van der Waals surface area contributed by atoms with Crippen molar-refractivity contribution in [3.05, 3.63) is 34.9 Å². The highest BCUT2D eigenvalue weighted by molar-refractivity contribution is 6.02. The number of carboxylic acid groups (broad SMARTS) is 2. The summed E-state index contributed by atoms with van der Waals surface area (Å²) in [7, 11) is 0. The zero-order valence-electron chi connectivity index (χ0n) is 15.2. The molecule has 8 nitrogen and oxygen atoms in total. The van der Waals surface area contributed by atoms with Crippen LogP contribution in [0.15, 0.2) is 18.2 Å². The number of carboxylic acids is 2. The summed E-state index contributed by atoms with van der Waals surface area (Å²) in [4.78, 5) is 38.5. The minimum absolute atomic E-state index is 0.186. The van der Waals surface area contributed by atoms with Gasteiger partial charge in [-0.2, -0.15) is 0 Å². The van der Waals surface area contributed by atoms with Gasteiger partial charge in [-0.3, -0.25) is 4.90 Å². The summed E-state index contributed by atoms with van der Waals surface area (Å²) in [6, 6.07) is 4.45. The van der Waals surface area contributed by atoms with E-state index in [0.717, 1.165) is 0 Å². The predicted molar refractivity (Wildman–Crippen MR) is 93.4 cm³/mol. The smallest absolute Gasteiger partial charge is 0.410 e. The molecule has 2 rings (SSSR count). The van der Waals surface area contributed by atoms with Crippen LogP contribution < -0.4 is 0 Å². The lowest BCUT2D eigenvalue weighted by Crippen LogP contribution is -2.49. The molecule has 0 spiro atoms. The van der Waals surface area contributed by atoms with E-state index in [1.165, 1.54) is 6.07 Å². The maximum absolute atomic E-state index is 12.1. The van der Waals surface area contributed by atoms with E-state index in [0.29, 0.717) is 38.3 Å². The van der Waals surface area contributed by atoms with Crippen LogP contribution in [0.3, 0.4) is 0 Å². The van der Waals surface area contributed by atoms with E-state index in [4.69, 9.17) is 4.74 Å². The standard InChI is InChI=1S/C18H24N2O6/c1-18(2,3)26-17(25)20-9-7-19(8-10-20)11-12-5-4-6-13(15(21)22)14(12)16(23)24/h4-6H,7-11H2,1-3H3,(H,21,22)(H,23,24). The molecule has 0 bridgehead atoms. The number of hydrogen-bond donors (Lipinski definition) is 2. The Morgan fingerprint density at radius 3 is 2.15 bits per heavy atom. The van der Waals surface area contributed by atoms with Gasteiger partial charge in [0, 0.05) is 32.7 Å². The Morgan fingerprint density at radius 2 is 1.65 bits per heavy atom. The molecule has 8 heteroatoms. The number of ether oxygens (including phenoxy) is 1. The van der Waals surface area contributed by atoms with Gasteiger partial charge in [0.05, 0.1) is 11.1 Å². The summed E-state index contributed by atoms with van der Waals surface area (Å²) < 4.78 is 5.35. The number of rotatable bonds is 4. The molecule has 1 aliphatic heterocycles. The minimum Gasteiger partial charge on any atom is -0.478 e.